The van der Waals surface area contributed by atoms with Crippen LogP contribution in [0.5, 0.6) is 11.6 Å². The zero-order chi connectivity index (χ0) is 14.3. The van der Waals surface area contributed by atoms with Gasteiger partial charge in [-0.05, 0) is 19.9 Å². The van der Waals surface area contributed by atoms with E-state index < -0.39 is 0 Å². The molecule has 0 atom stereocenters. The van der Waals surface area contributed by atoms with Crippen molar-refractivity contribution in [1.82, 2.24) is 20.0 Å². The number of aryl methyl sites for hydroxylation is 2. The molecule has 6 heteroatoms. The molecule has 0 unspecified atom stereocenters. The largest absolute Gasteiger partial charge is 0.433 e. The van der Waals surface area contributed by atoms with Crippen molar-refractivity contribution in [2.75, 3.05) is 0 Å². The molecule has 102 valence electrons. The van der Waals surface area contributed by atoms with E-state index in [9.17, 15) is 0 Å². The molecule has 0 N–H and O–H groups in total. The first-order chi connectivity index (χ1) is 9.58. The van der Waals surface area contributed by atoms with Crippen LogP contribution in [0.25, 0.3) is 10.8 Å². The van der Waals surface area contributed by atoms with E-state index in [4.69, 9.17) is 16.3 Å². The lowest BCUT2D eigenvalue weighted by molar-refractivity contribution is 0.454. The van der Waals surface area contributed by atoms with Gasteiger partial charge in [-0.2, -0.15) is 5.10 Å². The molecule has 2 aromatic heterocycles. The van der Waals surface area contributed by atoms with Crippen LogP contribution in [0.4, 0.5) is 0 Å². The third-order valence-corrected chi connectivity index (χ3v) is 3.53. The van der Waals surface area contributed by atoms with E-state index in [0.717, 1.165) is 22.2 Å². The van der Waals surface area contributed by atoms with E-state index >= 15 is 0 Å². The molecule has 3 aromatic rings. The molecule has 2 heterocycles. The molecule has 5 nitrogen and oxygen atoms in total. The maximum atomic E-state index is 6.05. The Morgan fingerprint density at radius 3 is 2.45 bits per heavy atom. The molecule has 0 aliphatic heterocycles. The second-order valence-corrected chi connectivity index (χ2v) is 4.93. The summed E-state index contributed by atoms with van der Waals surface area (Å²) in [5.74, 6) is 1.14. The summed E-state index contributed by atoms with van der Waals surface area (Å²) in [6, 6.07) is 7.62. The Balaban J connectivity index is 2.14. The SMILES string of the molecule is Cc1nn(C)c(C)c1Oc1nnc(Cl)c2ccccc12. The van der Waals surface area contributed by atoms with Crippen molar-refractivity contribution in [3.63, 3.8) is 0 Å². The molecule has 0 radical (unpaired) electrons. The molecule has 0 saturated heterocycles. The monoisotopic (exact) mass is 288 g/mol. The van der Waals surface area contributed by atoms with Crippen molar-refractivity contribution >= 4 is 22.4 Å². The van der Waals surface area contributed by atoms with Gasteiger partial charge in [0.15, 0.2) is 10.9 Å². The van der Waals surface area contributed by atoms with Crippen molar-refractivity contribution in [3.8, 4) is 11.6 Å². The number of rotatable bonds is 2. The van der Waals surface area contributed by atoms with E-state index in [1.54, 1.807) is 4.68 Å². The Hall–Kier alpha value is -2.14. The van der Waals surface area contributed by atoms with Gasteiger partial charge in [-0.3, -0.25) is 4.68 Å². The smallest absolute Gasteiger partial charge is 0.247 e. The van der Waals surface area contributed by atoms with Crippen molar-refractivity contribution < 1.29 is 4.74 Å². The molecule has 20 heavy (non-hydrogen) atoms. The Bertz CT molecular complexity index is 797. The molecular formula is C14H13ClN4O. The highest BCUT2D eigenvalue weighted by Gasteiger charge is 2.15. The first-order valence-corrected chi connectivity index (χ1v) is 6.54. The molecule has 0 spiro atoms. The molecule has 3 rings (SSSR count). The van der Waals surface area contributed by atoms with Gasteiger partial charge >= 0.3 is 0 Å². The first-order valence-electron chi connectivity index (χ1n) is 6.17. The maximum Gasteiger partial charge on any atom is 0.247 e. The second-order valence-electron chi connectivity index (χ2n) is 4.57. The highest BCUT2D eigenvalue weighted by molar-refractivity contribution is 6.34. The number of halogens is 1. The molecule has 0 amide bonds. The summed E-state index contributed by atoms with van der Waals surface area (Å²) in [6.45, 7) is 3.84. The van der Waals surface area contributed by atoms with Crippen molar-refractivity contribution in [2.24, 2.45) is 7.05 Å². The van der Waals surface area contributed by atoms with Gasteiger partial charge in [-0.15, -0.1) is 10.2 Å². The van der Waals surface area contributed by atoms with Crippen LogP contribution in [0.15, 0.2) is 24.3 Å². The number of benzene rings is 1. The van der Waals surface area contributed by atoms with E-state index in [1.165, 1.54) is 0 Å². The Kier molecular flexibility index (Phi) is 3.06. The quantitative estimate of drug-likeness (QED) is 0.725. The Labute approximate surface area is 121 Å². The summed E-state index contributed by atoms with van der Waals surface area (Å²) in [5.41, 5.74) is 1.74. The van der Waals surface area contributed by atoms with E-state index in [1.807, 2.05) is 45.2 Å². The van der Waals surface area contributed by atoms with Crippen molar-refractivity contribution in [1.29, 1.82) is 0 Å². The fourth-order valence-corrected chi connectivity index (χ4v) is 2.32. The lowest BCUT2D eigenvalue weighted by Crippen LogP contribution is -1.96. The second kappa shape index (κ2) is 4.76. The van der Waals surface area contributed by atoms with E-state index in [-0.39, 0.29) is 0 Å². The predicted molar refractivity (Wildman–Crippen MR) is 77.3 cm³/mol. The average Bonchev–Trinajstić information content (AvgIpc) is 2.68. The zero-order valence-electron chi connectivity index (χ0n) is 11.4. The predicted octanol–water partition coefficient (Wildman–Crippen LogP) is 3.43. The van der Waals surface area contributed by atoms with Gasteiger partial charge in [0.1, 0.15) is 5.69 Å². The van der Waals surface area contributed by atoms with Crippen LogP contribution in [0.2, 0.25) is 5.15 Å². The number of hydrogen-bond donors (Lipinski definition) is 0. The molecule has 0 saturated carbocycles. The molecule has 0 aliphatic carbocycles. The van der Waals surface area contributed by atoms with Gasteiger partial charge in [-0.1, -0.05) is 29.8 Å². The van der Waals surface area contributed by atoms with Crippen LogP contribution in [0.1, 0.15) is 11.4 Å². The lowest BCUT2D eigenvalue weighted by Gasteiger charge is -2.08. The number of ether oxygens (including phenoxy) is 1. The summed E-state index contributed by atoms with van der Waals surface area (Å²) < 4.78 is 7.69. The molecule has 1 aromatic carbocycles. The van der Waals surface area contributed by atoms with Crippen LogP contribution < -0.4 is 4.74 Å². The van der Waals surface area contributed by atoms with Crippen LogP contribution in [-0.4, -0.2) is 20.0 Å². The number of hydrogen-bond acceptors (Lipinski definition) is 4. The van der Waals surface area contributed by atoms with E-state index in [0.29, 0.717) is 16.8 Å². The fourth-order valence-electron chi connectivity index (χ4n) is 2.12. The Morgan fingerprint density at radius 2 is 1.80 bits per heavy atom. The van der Waals surface area contributed by atoms with Gasteiger partial charge in [0, 0.05) is 17.8 Å². The minimum atomic E-state index is 0.368. The maximum absolute atomic E-state index is 6.05. The third kappa shape index (κ3) is 2.00. The van der Waals surface area contributed by atoms with Gasteiger partial charge in [-0.25, -0.2) is 0 Å². The van der Waals surface area contributed by atoms with Crippen LogP contribution in [0.3, 0.4) is 0 Å². The minimum Gasteiger partial charge on any atom is -0.433 e. The van der Waals surface area contributed by atoms with Gasteiger partial charge in [0.05, 0.1) is 5.69 Å². The normalized spacial score (nSPS) is 11.0. The van der Waals surface area contributed by atoms with Crippen LogP contribution in [-0.2, 0) is 7.05 Å². The minimum absolute atomic E-state index is 0.368. The van der Waals surface area contributed by atoms with Gasteiger partial charge in [0.2, 0.25) is 5.88 Å². The number of aromatic nitrogens is 4. The molecule has 0 fully saturated rings. The highest BCUT2D eigenvalue weighted by Crippen LogP contribution is 2.32. The first kappa shape index (κ1) is 12.9. The van der Waals surface area contributed by atoms with E-state index in [2.05, 4.69) is 15.3 Å². The summed E-state index contributed by atoms with van der Waals surface area (Å²) in [6.07, 6.45) is 0. The van der Waals surface area contributed by atoms with Crippen LogP contribution in [0, 0.1) is 13.8 Å². The fraction of sp³-hybridized carbons (Fsp3) is 0.214. The summed E-state index contributed by atoms with van der Waals surface area (Å²) >= 11 is 6.05. The summed E-state index contributed by atoms with van der Waals surface area (Å²) in [7, 11) is 1.88. The van der Waals surface area contributed by atoms with Crippen LogP contribution >= 0.6 is 11.6 Å². The Morgan fingerprint density at radius 1 is 1.10 bits per heavy atom. The zero-order valence-corrected chi connectivity index (χ0v) is 12.1. The average molecular weight is 289 g/mol. The number of nitrogens with zero attached hydrogens (tertiary/aromatic N) is 4. The standard InChI is InChI=1S/C14H13ClN4O/c1-8-12(9(2)19(3)18-8)20-14-11-7-5-4-6-10(11)13(15)16-17-14/h4-7H,1-3H3. The topological polar surface area (TPSA) is 52.8 Å². The van der Waals surface area contributed by atoms with Crippen molar-refractivity contribution in [3.05, 3.63) is 40.8 Å². The summed E-state index contributed by atoms with van der Waals surface area (Å²) in [4.78, 5) is 0. The molecular weight excluding hydrogens is 276 g/mol. The molecule has 0 bridgehead atoms. The third-order valence-electron chi connectivity index (χ3n) is 3.25. The lowest BCUT2D eigenvalue weighted by atomic mass is 10.2. The highest BCUT2D eigenvalue weighted by atomic mass is 35.5. The molecule has 0 aliphatic rings. The van der Waals surface area contributed by atoms with Crippen molar-refractivity contribution in [2.45, 2.75) is 13.8 Å². The van der Waals surface area contributed by atoms with Gasteiger partial charge in [0.25, 0.3) is 0 Å². The van der Waals surface area contributed by atoms with Gasteiger partial charge < -0.3 is 4.74 Å². The summed E-state index contributed by atoms with van der Waals surface area (Å²) in [5, 5.41) is 14.3. The number of fused-ring (bicyclic) bond motifs is 1.